The lowest BCUT2D eigenvalue weighted by Crippen LogP contribution is -2.27. The molecule has 0 radical (unpaired) electrons. The van der Waals surface area contributed by atoms with E-state index >= 15 is 0 Å². The number of rotatable bonds is 3. The van der Waals surface area contributed by atoms with E-state index in [4.69, 9.17) is 11.6 Å². The maximum atomic E-state index is 12.3. The van der Waals surface area contributed by atoms with Gasteiger partial charge >= 0.3 is 0 Å². The lowest BCUT2D eigenvalue weighted by atomic mass is 10.0. The van der Waals surface area contributed by atoms with Crippen LogP contribution in [-0.4, -0.2) is 17.4 Å². The Labute approximate surface area is 146 Å². The van der Waals surface area contributed by atoms with Crippen LogP contribution in [0, 0.1) is 11.3 Å². The van der Waals surface area contributed by atoms with Gasteiger partial charge in [0.1, 0.15) is 11.6 Å². The molecule has 2 aromatic carbocycles. The molecule has 0 spiro atoms. The third kappa shape index (κ3) is 3.76. The SMILES string of the molecule is N#C/C(=C/N1CCc2ccccc2C1)C(=O)Nc1ccc(Cl)cc1. The van der Waals surface area contributed by atoms with Gasteiger partial charge in [-0.25, -0.2) is 0 Å². The molecule has 0 atom stereocenters. The second-order valence-corrected chi connectivity index (χ2v) is 6.04. The van der Waals surface area contributed by atoms with E-state index in [2.05, 4.69) is 17.4 Å². The molecule has 0 saturated carbocycles. The summed E-state index contributed by atoms with van der Waals surface area (Å²) in [6.45, 7) is 1.49. The van der Waals surface area contributed by atoms with Gasteiger partial charge in [0.25, 0.3) is 5.91 Å². The zero-order valence-corrected chi connectivity index (χ0v) is 13.8. The molecule has 5 heteroatoms. The second-order valence-electron chi connectivity index (χ2n) is 5.60. The molecular formula is C19H16ClN3O. The molecule has 1 amide bonds. The summed E-state index contributed by atoms with van der Waals surface area (Å²) in [5, 5.41) is 12.6. The van der Waals surface area contributed by atoms with Gasteiger partial charge in [-0.05, 0) is 41.8 Å². The van der Waals surface area contributed by atoms with Gasteiger partial charge in [-0.2, -0.15) is 5.26 Å². The Morgan fingerprint density at radius 1 is 1.17 bits per heavy atom. The Morgan fingerprint density at radius 3 is 2.58 bits per heavy atom. The lowest BCUT2D eigenvalue weighted by Gasteiger charge is -2.27. The number of nitrogens with zero attached hydrogens (tertiary/aromatic N) is 2. The van der Waals surface area contributed by atoms with Gasteiger partial charge < -0.3 is 10.2 Å². The van der Waals surface area contributed by atoms with Crippen LogP contribution in [-0.2, 0) is 17.8 Å². The Bertz CT molecular complexity index is 821. The first-order valence-corrected chi connectivity index (χ1v) is 8.03. The highest BCUT2D eigenvalue weighted by molar-refractivity contribution is 6.30. The number of anilines is 1. The molecular weight excluding hydrogens is 322 g/mol. The largest absolute Gasteiger partial charge is 0.371 e. The fraction of sp³-hybridized carbons (Fsp3) is 0.158. The maximum absolute atomic E-state index is 12.3. The first kappa shape index (κ1) is 16.1. The molecule has 0 unspecified atom stereocenters. The van der Waals surface area contributed by atoms with E-state index in [9.17, 15) is 10.1 Å². The van der Waals surface area contributed by atoms with Crippen LogP contribution >= 0.6 is 11.6 Å². The van der Waals surface area contributed by atoms with E-state index in [1.165, 1.54) is 11.1 Å². The number of carbonyl (C=O) groups is 1. The van der Waals surface area contributed by atoms with Gasteiger partial charge in [-0.1, -0.05) is 35.9 Å². The Kier molecular flexibility index (Phi) is 4.83. The summed E-state index contributed by atoms with van der Waals surface area (Å²) in [6.07, 6.45) is 2.55. The van der Waals surface area contributed by atoms with Crippen molar-refractivity contribution in [2.24, 2.45) is 0 Å². The highest BCUT2D eigenvalue weighted by Gasteiger charge is 2.16. The number of nitriles is 1. The topological polar surface area (TPSA) is 56.1 Å². The van der Waals surface area contributed by atoms with Crippen LogP contribution in [0.5, 0.6) is 0 Å². The molecule has 120 valence electrons. The molecule has 1 aliphatic rings. The quantitative estimate of drug-likeness (QED) is 0.685. The Hall–Kier alpha value is -2.77. The summed E-state index contributed by atoms with van der Waals surface area (Å²) in [6, 6.07) is 17.0. The van der Waals surface area contributed by atoms with Crippen molar-refractivity contribution in [3.05, 3.63) is 76.5 Å². The van der Waals surface area contributed by atoms with E-state index in [1.54, 1.807) is 30.5 Å². The summed E-state index contributed by atoms with van der Waals surface area (Å²) in [7, 11) is 0. The van der Waals surface area contributed by atoms with Crippen molar-refractivity contribution in [1.82, 2.24) is 4.90 Å². The predicted octanol–water partition coefficient (Wildman–Crippen LogP) is 3.74. The van der Waals surface area contributed by atoms with Crippen molar-refractivity contribution in [3.8, 4) is 6.07 Å². The van der Waals surface area contributed by atoms with E-state index in [0.717, 1.165) is 13.0 Å². The van der Waals surface area contributed by atoms with Gasteiger partial charge in [0.05, 0.1) is 0 Å². The zero-order chi connectivity index (χ0) is 16.9. The Morgan fingerprint density at radius 2 is 1.88 bits per heavy atom. The van der Waals surface area contributed by atoms with Gasteiger partial charge in [0, 0.05) is 30.0 Å². The highest BCUT2D eigenvalue weighted by Crippen LogP contribution is 2.20. The van der Waals surface area contributed by atoms with Crippen molar-refractivity contribution in [3.63, 3.8) is 0 Å². The van der Waals surface area contributed by atoms with Gasteiger partial charge in [0.15, 0.2) is 0 Å². The van der Waals surface area contributed by atoms with Gasteiger partial charge in [-0.3, -0.25) is 4.79 Å². The van der Waals surface area contributed by atoms with Crippen LogP contribution in [0.1, 0.15) is 11.1 Å². The summed E-state index contributed by atoms with van der Waals surface area (Å²) >= 11 is 5.83. The van der Waals surface area contributed by atoms with Crippen molar-refractivity contribution in [2.75, 3.05) is 11.9 Å². The van der Waals surface area contributed by atoms with E-state index < -0.39 is 5.91 Å². The number of halogens is 1. The monoisotopic (exact) mass is 337 g/mol. The van der Waals surface area contributed by atoms with Crippen LogP contribution in [0.3, 0.4) is 0 Å². The average molecular weight is 338 g/mol. The molecule has 0 fully saturated rings. The third-order valence-electron chi connectivity index (χ3n) is 3.94. The fourth-order valence-corrected chi connectivity index (χ4v) is 2.81. The number of fused-ring (bicyclic) bond motifs is 1. The van der Waals surface area contributed by atoms with Gasteiger partial charge in [0.2, 0.25) is 0 Å². The minimum Gasteiger partial charge on any atom is -0.371 e. The van der Waals surface area contributed by atoms with E-state index in [-0.39, 0.29) is 5.57 Å². The van der Waals surface area contributed by atoms with E-state index in [1.807, 2.05) is 23.1 Å². The molecule has 1 heterocycles. The third-order valence-corrected chi connectivity index (χ3v) is 4.19. The zero-order valence-electron chi connectivity index (χ0n) is 13.0. The van der Waals surface area contributed by atoms with Crippen molar-refractivity contribution in [2.45, 2.75) is 13.0 Å². The number of amides is 1. The van der Waals surface area contributed by atoms with Gasteiger partial charge in [-0.15, -0.1) is 0 Å². The highest BCUT2D eigenvalue weighted by atomic mass is 35.5. The van der Waals surface area contributed by atoms with Crippen molar-refractivity contribution < 1.29 is 4.79 Å². The molecule has 2 aromatic rings. The molecule has 0 aromatic heterocycles. The number of hydrogen-bond donors (Lipinski definition) is 1. The number of hydrogen-bond acceptors (Lipinski definition) is 3. The van der Waals surface area contributed by atoms with Crippen molar-refractivity contribution >= 4 is 23.2 Å². The summed E-state index contributed by atoms with van der Waals surface area (Å²) in [5.41, 5.74) is 3.25. The average Bonchev–Trinajstić information content (AvgIpc) is 2.61. The second kappa shape index (κ2) is 7.20. The maximum Gasteiger partial charge on any atom is 0.267 e. The minimum atomic E-state index is -0.418. The number of carbonyl (C=O) groups excluding carboxylic acids is 1. The molecule has 1 N–H and O–H groups in total. The standard InChI is InChI=1S/C19H16ClN3O/c20-17-5-7-18(8-6-17)22-19(24)16(11-21)13-23-10-9-14-3-1-2-4-15(14)12-23/h1-8,13H,9-10,12H2,(H,22,24)/b16-13-. The number of nitrogens with one attached hydrogen (secondary N) is 1. The fourth-order valence-electron chi connectivity index (χ4n) is 2.68. The van der Waals surface area contributed by atoms with E-state index in [0.29, 0.717) is 17.3 Å². The molecule has 24 heavy (non-hydrogen) atoms. The summed E-state index contributed by atoms with van der Waals surface area (Å²) < 4.78 is 0. The minimum absolute atomic E-state index is 0.0873. The van der Waals surface area contributed by atoms with Crippen molar-refractivity contribution in [1.29, 1.82) is 5.26 Å². The Balaban J connectivity index is 1.72. The smallest absolute Gasteiger partial charge is 0.267 e. The van der Waals surface area contributed by atoms with Crippen LogP contribution in [0.2, 0.25) is 5.02 Å². The van der Waals surface area contributed by atoms with Crippen LogP contribution in [0.15, 0.2) is 60.3 Å². The molecule has 0 saturated heterocycles. The lowest BCUT2D eigenvalue weighted by molar-refractivity contribution is -0.112. The first-order chi connectivity index (χ1) is 11.7. The number of benzene rings is 2. The normalized spacial score (nSPS) is 13.8. The summed E-state index contributed by atoms with van der Waals surface area (Å²) in [4.78, 5) is 14.3. The predicted molar refractivity (Wildman–Crippen MR) is 94.3 cm³/mol. The molecule has 3 rings (SSSR count). The van der Waals surface area contributed by atoms with Crippen LogP contribution < -0.4 is 5.32 Å². The molecule has 4 nitrogen and oxygen atoms in total. The first-order valence-electron chi connectivity index (χ1n) is 7.65. The molecule has 0 aliphatic carbocycles. The van der Waals surface area contributed by atoms with Crippen LogP contribution in [0.4, 0.5) is 5.69 Å². The molecule has 0 bridgehead atoms. The summed E-state index contributed by atoms with van der Waals surface area (Å²) in [5.74, 6) is -0.418. The molecule has 1 aliphatic heterocycles. The van der Waals surface area contributed by atoms with Crippen LogP contribution in [0.25, 0.3) is 0 Å².